The maximum atomic E-state index is 12.9. The zero-order valence-corrected chi connectivity index (χ0v) is 13.6. The van der Waals surface area contributed by atoms with Crippen LogP contribution in [0.3, 0.4) is 0 Å². The highest BCUT2D eigenvalue weighted by Crippen LogP contribution is 2.42. The minimum atomic E-state index is -0.217. The summed E-state index contributed by atoms with van der Waals surface area (Å²) in [6.45, 7) is 0.0952. The summed E-state index contributed by atoms with van der Waals surface area (Å²) in [6, 6.07) is 7.50. The van der Waals surface area contributed by atoms with Gasteiger partial charge in [0.1, 0.15) is 19.3 Å². The third kappa shape index (κ3) is 2.43. The molecule has 0 N–H and O–H groups in total. The molecular weight excluding hydrogens is 328 g/mol. The quantitative estimate of drug-likeness (QED) is 0.804. The molecule has 1 unspecified atom stereocenters. The third-order valence-electron chi connectivity index (χ3n) is 4.60. The van der Waals surface area contributed by atoms with Crippen LogP contribution in [0.25, 0.3) is 0 Å². The summed E-state index contributed by atoms with van der Waals surface area (Å²) in [6.07, 6.45) is 5.28. The van der Waals surface area contributed by atoms with E-state index < -0.39 is 0 Å². The SMILES string of the molecule is O=C1C2=C(C(=O)N1Cn1cncn1)C(c1ccc(Cl)cc1)CCC2. The van der Waals surface area contributed by atoms with Gasteiger partial charge in [-0.25, -0.2) is 9.67 Å². The van der Waals surface area contributed by atoms with Gasteiger partial charge in [0, 0.05) is 22.1 Å². The molecule has 1 aliphatic carbocycles. The van der Waals surface area contributed by atoms with Crippen molar-refractivity contribution in [3.63, 3.8) is 0 Å². The molecule has 0 radical (unpaired) electrons. The molecule has 2 heterocycles. The Morgan fingerprint density at radius 2 is 1.96 bits per heavy atom. The maximum absolute atomic E-state index is 12.9. The Bertz CT molecular complexity index is 827. The van der Waals surface area contributed by atoms with E-state index in [1.54, 1.807) is 0 Å². The second kappa shape index (κ2) is 5.87. The Morgan fingerprint density at radius 3 is 2.67 bits per heavy atom. The van der Waals surface area contributed by atoms with Crippen molar-refractivity contribution in [2.75, 3.05) is 0 Å². The summed E-state index contributed by atoms with van der Waals surface area (Å²) < 4.78 is 1.48. The van der Waals surface area contributed by atoms with Gasteiger partial charge in [0.15, 0.2) is 0 Å². The molecule has 7 heteroatoms. The summed E-state index contributed by atoms with van der Waals surface area (Å²) in [5.74, 6) is -0.475. The van der Waals surface area contributed by atoms with E-state index in [1.165, 1.54) is 22.2 Å². The van der Waals surface area contributed by atoms with Gasteiger partial charge in [-0.3, -0.25) is 14.5 Å². The van der Waals surface area contributed by atoms with Crippen molar-refractivity contribution in [1.29, 1.82) is 0 Å². The van der Waals surface area contributed by atoms with Gasteiger partial charge in [-0.15, -0.1) is 0 Å². The van der Waals surface area contributed by atoms with Crippen LogP contribution in [0.4, 0.5) is 0 Å². The number of nitrogens with zero attached hydrogens (tertiary/aromatic N) is 4. The normalized spacial score (nSPS) is 20.7. The Morgan fingerprint density at radius 1 is 1.17 bits per heavy atom. The number of hydrogen-bond donors (Lipinski definition) is 0. The smallest absolute Gasteiger partial charge is 0.259 e. The number of rotatable bonds is 3. The molecule has 0 spiro atoms. The molecule has 1 aromatic carbocycles. The minimum absolute atomic E-state index is 0.0526. The molecule has 6 nitrogen and oxygen atoms in total. The fraction of sp³-hybridized carbons (Fsp3) is 0.294. The molecule has 0 saturated carbocycles. The van der Waals surface area contributed by atoms with Crippen LogP contribution in [0.2, 0.25) is 5.02 Å². The van der Waals surface area contributed by atoms with Crippen molar-refractivity contribution in [2.45, 2.75) is 31.8 Å². The Labute approximate surface area is 143 Å². The van der Waals surface area contributed by atoms with Gasteiger partial charge in [-0.1, -0.05) is 23.7 Å². The van der Waals surface area contributed by atoms with E-state index in [0.29, 0.717) is 22.6 Å². The monoisotopic (exact) mass is 342 g/mol. The fourth-order valence-corrected chi connectivity index (χ4v) is 3.61. The maximum Gasteiger partial charge on any atom is 0.259 e. The molecule has 1 atom stereocenters. The largest absolute Gasteiger partial charge is 0.269 e. The number of benzene rings is 1. The van der Waals surface area contributed by atoms with Crippen LogP contribution in [0.1, 0.15) is 30.7 Å². The third-order valence-corrected chi connectivity index (χ3v) is 4.85. The standard InChI is InChI=1S/C17H15ClN4O2/c18-12-6-4-11(5-7-12)13-2-1-3-14-15(13)17(24)22(16(14)23)10-21-9-19-8-20-21/h4-9,13H,1-3,10H2. The van der Waals surface area contributed by atoms with E-state index in [9.17, 15) is 9.59 Å². The predicted molar refractivity (Wildman–Crippen MR) is 86.9 cm³/mol. The highest BCUT2D eigenvalue weighted by Gasteiger charge is 2.43. The average Bonchev–Trinajstić information content (AvgIpc) is 3.19. The second-order valence-electron chi connectivity index (χ2n) is 6.00. The molecule has 2 aliphatic rings. The topological polar surface area (TPSA) is 68.1 Å². The van der Waals surface area contributed by atoms with E-state index in [0.717, 1.165) is 18.4 Å². The second-order valence-corrected chi connectivity index (χ2v) is 6.44. The number of aromatic nitrogens is 3. The lowest BCUT2D eigenvalue weighted by Gasteiger charge is -2.23. The minimum Gasteiger partial charge on any atom is -0.269 e. The zero-order chi connectivity index (χ0) is 16.7. The first-order valence-electron chi connectivity index (χ1n) is 7.82. The average molecular weight is 343 g/mol. The van der Waals surface area contributed by atoms with Crippen LogP contribution in [0, 0.1) is 0 Å². The molecule has 122 valence electrons. The lowest BCUT2D eigenvalue weighted by atomic mass is 9.79. The van der Waals surface area contributed by atoms with E-state index in [1.807, 2.05) is 24.3 Å². The molecule has 0 bridgehead atoms. The molecular formula is C17H15ClN4O2. The van der Waals surface area contributed by atoms with Crippen LogP contribution < -0.4 is 0 Å². The van der Waals surface area contributed by atoms with Gasteiger partial charge in [-0.05, 0) is 37.0 Å². The first kappa shape index (κ1) is 15.1. The summed E-state index contributed by atoms with van der Waals surface area (Å²) >= 11 is 5.96. The van der Waals surface area contributed by atoms with E-state index in [2.05, 4.69) is 10.1 Å². The van der Waals surface area contributed by atoms with Gasteiger partial charge < -0.3 is 0 Å². The number of carbonyl (C=O) groups excluding carboxylic acids is 2. The van der Waals surface area contributed by atoms with Crippen molar-refractivity contribution in [3.8, 4) is 0 Å². The van der Waals surface area contributed by atoms with E-state index >= 15 is 0 Å². The van der Waals surface area contributed by atoms with Crippen LogP contribution in [-0.2, 0) is 16.3 Å². The van der Waals surface area contributed by atoms with Crippen molar-refractivity contribution >= 4 is 23.4 Å². The molecule has 1 aromatic heterocycles. The molecule has 2 aromatic rings. The summed E-state index contributed by atoms with van der Waals surface area (Å²) in [7, 11) is 0. The Kier molecular flexibility index (Phi) is 3.69. The number of hydrogen-bond acceptors (Lipinski definition) is 4. The molecule has 1 aliphatic heterocycles. The molecule has 0 fully saturated rings. The highest BCUT2D eigenvalue weighted by molar-refractivity contribution is 6.30. The number of halogens is 1. The number of carbonyl (C=O) groups is 2. The van der Waals surface area contributed by atoms with Gasteiger partial charge in [-0.2, -0.15) is 5.10 Å². The first-order chi connectivity index (χ1) is 11.6. The van der Waals surface area contributed by atoms with Crippen LogP contribution >= 0.6 is 11.6 Å². The summed E-state index contributed by atoms with van der Waals surface area (Å²) in [5, 5.41) is 4.64. The lowest BCUT2D eigenvalue weighted by Crippen LogP contribution is -2.34. The first-order valence-corrected chi connectivity index (χ1v) is 8.20. The van der Waals surface area contributed by atoms with Crippen molar-refractivity contribution in [3.05, 3.63) is 58.7 Å². The van der Waals surface area contributed by atoms with Crippen molar-refractivity contribution < 1.29 is 9.59 Å². The Balaban J connectivity index is 1.67. The van der Waals surface area contributed by atoms with Gasteiger partial charge in [0.05, 0.1) is 0 Å². The number of imide groups is 1. The van der Waals surface area contributed by atoms with Gasteiger partial charge in [0.25, 0.3) is 11.8 Å². The Hall–Kier alpha value is -2.47. The van der Waals surface area contributed by atoms with Crippen molar-refractivity contribution in [2.24, 2.45) is 0 Å². The van der Waals surface area contributed by atoms with Crippen LogP contribution in [0.15, 0.2) is 48.1 Å². The van der Waals surface area contributed by atoms with E-state index in [-0.39, 0.29) is 24.4 Å². The predicted octanol–water partition coefficient (Wildman–Crippen LogP) is 2.52. The number of amides is 2. The van der Waals surface area contributed by atoms with Crippen LogP contribution in [-0.4, -0.2) is 31.5 Å². The van der Waals surface area contributed by atoms with Crippen LogP contribution in [0.5, 0.6) is 0 Å². The molecule has 4 rings (SSSR count). The molecule has 2 amide bonds. The fourth-order valence-electron chi connectivity index (χ4n) is 3.48. The van der Waals surface area contributed by atoms with Gasteiger partial charge >= 0.3 is 0 Å². The highest BCUT2D eigenvalue weighted by atomic mass is 35.5. The molecule has 24 heavy (non-hydrogen) atoms. The van der Waals surface area contributed by atoms with Crippen molar-refractivity contribution in [1.82, 2.24) is 19.7 Å². The zero-order valence-electron chi connectivity index (χ0n) is 12.9. The summed E-state index contributed by atoms with van der Waals surface area (Å²) in [5.41, 5.74) is 2.30. The molecule has 0 saturated heterocycles. The summed E-state index contributed by atoms with van der Waals surface area (Å²) in [4.78, 5) is 30.7. The van der Waals surface area contributed by atoms with E-state index in [4.69, 9.17) is 11.6 Å². The lowest BCUT2D eigenvalue weighted by molar-refractivity contribution is -0.139. The van der Waals surface area contributed by atoms with Gasteiger partial charge in [0.2, 0.25) is 0 Å².